The summed E-state index contributed by atoms with van der Waals surface area (Å²) in [4.78, 5) is 11.7. The fourth-order valence-corrected chi connectivity index (χ4v) is 2.42. The van der Waals surface area contributed by atoms with Crippen LogP contribution in [0.15, 0.2) is 18.2 Å². The maximum absolute atomic E-state index is 13.4. The summed E-state index contributed by atoms with van der Waals surface area (Å²) in [6, 6.07) is 4.99. The van der Waals surface area contributed by atoms with Crippen LogP contribution in [0.4, 0.5) is 4.39 Å². The van der Waals surface area contributed by atoms with Crippen molar-refractivity contribution in [3.8, 4) is 0 Å². The van der Waals surface area contributed by atoms with E-state index in [-0.39, 0.29) is 24.4 Å². The molecular formula is C16H22FNO2. The number of aryl methyl sites for hydroxylation is 1. The summed E-state index contributed by atoms with van der Waals surface area (Å²) >= 11 is 0. The average molecular weight is 279 g/mol. The largest absolute Gasteiger partial charge is 0.368 e. The molecule has 0 saturated heterocycles. The highest BCUT2D eigenvalue weighted by Gasteiger charge is 2.15. The SMILES string of the molecule is Cc1ccc(CNC(=O)COC2CCCCC2)cc1F. The number of hydrogen-bond donors (Lipinski definition) is 1. The van der Waals surface area contributed by atoms with Gasteiger partial charge in [-0.05, 0) is 37.0 Å². The third-order valence-electron chi connectivity index (χ3n) is 3.73. The number of hydrogen-bond acceptors (Lipinski definition) is 2. The van der Waals surface area contributed by atoms with E-state index in [1.54, 1.807) is 13.0 Å². The lowest BCUT2D eigenvalue weighted by molar-refractivity contribution is -0.128. The molecule has 0 aromatic heterocycles. The van der Waals surface area contributed by atoms with E-state index < -0.39 is 0 Å². The summed E-state index contributed by atoms with van der Waals surface area (Å²) in [5.41, 5.74) is 1.37. The van der Waals surface area contributed by atoms with Crippen molar-refractivity contribution in [1.82, 2.24) is 5.32 Å². The standard InChI is InChI=1S/C16H22FNO2/c1-12-7-8-13(9-15(12)17)10-18-16(19)11-20-14-5-3-2-4-6-14/h7-9,14H,2-6,10-11H2,1H3,(H,18,19). The normalized spacial score (nSPS) is 16.1. The summed E-state index contributed by atoms with van der Waals surface area (Å²) in [6.45, 7) is 2.15. The molecule has 20 heavy (non-hydrogen) atoms. The molecule has 0 radical (unpaired) electrons. The second-order valence-corrected chi connectivity index (χ2v) is 5.43. The van der Waals surface area contributed by atoms with Crippen molar-refractivity contribution in [3.63, 3.8) is 0 Å². The smallest absolute Gasteiger partial charge is 0.246 e. The summed E-state index contributed by atoms with van der Waals surface area (Å²) < 4.78 is 18.9. The van der Waals surface area contributed by atoms with Gasteiger partial charge in [-0.3, -0.25) is 4.79 Å². The van der Waals surface area contributed by atoms with E-state index in [0.29, 0.717) is 12.1 Å². The van der Waals surface area contributed by atoms with E-state index in [1.807, 2.05) is 6.07 Å². The van der Waals surface area contributed by atoms with Gasteiger partial charge in [-0.15, -0.1) is 0 Å². The van der Waals surface area contributed by atoms with Crippen LogP contribution in [0.5, 0.6) is 0 Å². The summed E-state index contributed by atoms with van der Waals surface area (Å²) in [6.07, 6.45) is 5.98. The fraction of sp³-hybridized carbons (Fsp3) is 0.562. The Morgan fingerprint density at radius 2 is 2.10 bits per heavy atom. The first-order chi connectivity index (χ1) is 9.65. The third kappa shape index (κ3) is 4.60. The van der Waals surface area contributed by atoms with Gasteiger partial charge in [0.05, 0.1) is 6.10 Å². The lowest BCUT2D eigenvalue weighted by Gasteiger charge is -2.21. The molecule has 110 valence electrons. The number of carbonyl (C=O) groups excluding carboxylic acids is 1. The number of rotatable bonds is 5. The van der Waals surface area contributed by atoms with E-state index in [0.717, 1.165) is 18.4 Å². The lowest BCUT2D eigenvalue weighted by atomic mass is 9.98. The number of benzene rings is 1. The van der Waals surface area contributed by atoms with Gasteiger partial charge in [0.2, 0.25) is 5.91 Å². The Bertz CT molecular complexity index is 456. The molecule has 1 N–H and O–H groups in total. The number of nitrogens with one attached hydrogen (secondary N) is 1. The molecule has 0 bridgehead atoms. The summed E-state index contributed by atoms with van der Waals surface area (Å²) in [5, 5.41) is 2.75. The Morgan fingerprint density at radius 1 is 1.35 bits per heavy atom. The molecule has 0 atom stereocenters. The van der Waals surface area contributed by atoms with Gasteiger partial charge in [-0.1, -0.05) is 31.4 Å². The molecule has 3 nitrogen and oxygen atoms in total. The predicted molar refractivity (Wildman–Crippen MR) is 75.8 cm³/mol. The number of ether oxygens (including phenoxy) is 1. The van der Waals surface area contributed by atoms with E-state index in [9.17, 15) is 9.18 Å². The Balaban J connectivity index is 1.70. The molecule has 0 spiro atoms. The Hall–Kier alpha value is -1.42. The van der Waals surface area contributed by atoms with Crippen molar-refractivity contribution in [2.75, 3.05) is 6.61 Å². The minimum Gasteiger partial charge on any atom is -0.368 e. The highest BCUT2D eigenvalue weighted by atomic mass is 19.1. The van der Waals surface area contributed by atoms with E-state index >= 15 is 0 Å². The Morgan fingerprint density at radius 3 is 2.80 bits per heavy atom. The van der Waals surface area contributed by atoms with Crippen molar-refractivity contribution in [2.45, 2.75) is 51.7 Å². The molecule has 2 rings (SSSR count). The van der Waals surface area contributed by atoms with Gasteiger partial charge < -0.3 is 10.1 Å². The molecule has 1 fully saturated rings. The molecule has 0 heterocycles. The minimum atomic E-state index is -0.241. The van der Waals surface area contributed by atoms with Crippen LogP contribution in [0.3, 0.4) is 0 Å². The van der Waals surface area contributed by atoms with Gasteiger partial charge in [-0.2, -0.15) is 0 Å². The number of carbonyl (C=O) groups is 1. The fourth-order valence-electron chi connectivity index (χ4n) is 2.42. The van der Waals surface area contributed by atoms with Gasteiger partial charge in [-0.25, -0.2) is 4.39 Å². The van der Waals surface area contributed by atoms with Crippen LogP contribution in [-0.2, 0) is 16.1 Å². The molecular weight excluding hydrogens is 257 g/mol. The second-order valence-electron chi connectivity index (χ2n) is 5.43. The summed E-state index contributed by atoms with van der Waals surface area (Å²) in [7, 11) is 0. The van der Waals surface area contributed by atoms with Crippen molar-refractivity contribution in [1.29, 1.82) is 0 Å². The maximum atomic E-state index is 13.4. The molecule has 1 aromatic rings. The van der Waals surface area contributed by atoms with Crippen molar-refractivity contribution in [3.05, 3.63) is 35.1 Å². The van der Waals surface area contributed by atoms with Crippen LogP contribution >= 0.6 is 0 Å². The minimum absolute atomic E-state index is 0.0962. The number of amides is 1. The first kappa shape index (κ1) is 15.0. The van der Waals surface area contributed by atoms with Crippen molar-refractivity contribution in [2.24, 2.45) is 0 Å². The van der Waals surface area contributed by atoms with Gasteiger partial charge in [0.25, 0.3) is 0 Å². The molecule has 1 aromatic carbocycles. The molecule has 0 aliphatic heterocycles. The number of halogens is 1. The van der Waals surface area contributed by atoms with Crippen molar-refractivity contribution < 1.29 is 13.9 Å². The average Bonchev–Trinajstić information content (AvgIpc) is 2.47. The monoisotopic (exact) mass is 279 g/mol. The van der Waals surface area contributed by atoms with Crippen LogP contribution < -0.4 is 5.32 Å². The second kappa shape index (κ2) is 7.39. The molecule has 1 saturated carbocycles. The topological polar surface area (TPSA) is 38.3 Å². The van der Waals surface area contributed by atoms with E-state index in [2.05, 4.69) is 5.32 Å². The summed E-state index contributed by atoms with van der Waals surface area (Å²) in [5.74, 6) is -0.383. The first-order valence-electron chi connectivity index (χ1n) is 7.28. The third-order valence-corrected chi connectivity index (χ3v) is 3.73. The van der Waals surface area contributed by atoms with Gasteiger partial charge in [0, 0.05) is 6.54 Å². The predicted octanol–water partition coefficient (Wildman–Crippen LogP) is 3.10. The highest BCUT2D eigenvalue weighted by Crippen LogP contribution is 2.19. The van der Waals surface area contributed by atoms with Crippen molar-refractivity contribution >= 4 is 5.91 Å². The van der Waals surface area contributed by atoms with E-state index in [4.69, 9.17) is 4.74 Å². The van der Waals surface area contributed by atoms with Crippen LogP contribution in [0.1, 0.15) is 43.2 Å². The quantitative estimate of drug-likeness (QED) is 0.899. The molecule has 4 heteroatoms. The Labute approximate surface area is 119 Å². The zero-order valence-corrected chi connectivity index (χ0v) is 12.0. The molecule has 1 aliphatic rings. The molecule has 0 unspecified atom stereocenters. The zero-order chi connectivity index (χ0) is 14.4. The van der Waals surface area contributed by atoms with Crippen LogP contribution in [0, 0.1) is 12.7 Å². The van der Waals surface area contributed by atoms with Crippen LogP contribution in [0.2, 0.25) is 0 Å². The van der Waals surface area contributed by atoms with Gasteiger partial charge in [0.1, 0.15) is 12.4 Å². The van der Waals surface area contributed by atoms with Crippen LogP contribution in [0.25, 0.3) is 0 Å². The van der Waals surface area contributed by atoms with E-state index in [1.165, 1.54) is 25.3 Å². The molecule has 1 aliphatic carbocycles. The van der Waals surface area contributed by atoms with Crippen LogP contribution in [-0.4, -0.2) is 18.6 Å². The van der Waals surface area contributed by atoms with Gasteiger partial charge >= 0.3 is 0 Å². The zero-order valence-electron chi connectivity index (χ0n) is 12.0. The Kier molecular flexibility index (Phi) is 5.53. The maximum Gasteiger partial charge on any atom is 0.246 e. The lowest BCUT2D eigenvalue weighted by Crippen LogP contribution is -2.30. The first-order valence-corrected chi connectivity index (χ1v) is 7.28. The van der Waals surface area contributed by atoms with Gasteiger partial charge in [0.15, 0.2) is 0 Å². The highest BCUT2D eigenvalue weighted by molar-refractivity contribution is 5.77. The molecule has 1 amide bonds.